The van der Waals surface area contributed by atoms with Gasteiger partial charge in [-0.05, 0) is 42.8 Å². The van der Waals surface area contributed by atoms with Crippen LogP contribution in [0.2, 0.25) is 0 Å². The number of aromatic nitrogens is 1. The van der Waals surface area contributed by atoms with Crippen molar-refractivity contribution in [2.45, 2.75) is 13.0 Å². The molecule has 1 atom stereocenters. The van der Waals surface area contributed by atoms with Gasteiger partial charge in [0.25, 0.3) is 0 Å². The number of nitrogens with one attached hydrogen (secondary N) is 1. The number of pyridine rings is 1. The van der Waals surface area contributed by atoms with Crippen molar-refractivity contribution >= 4 is 15.7 Å². The summed E-state index contributed by atoms with van der Waals surface area (Å²) >= 11 is 0. The first-order valence-corrected chi connectivity index (χ1v) is 11.2. The molecular weight excluding hydrogens is 376 g/mol. The average molecular weight is 405 g/mol. The standard InChI is InChI=1S/C20H28N4O3S/c1-3-28(25,26)22-16-20(17-5-4-10-21-15-17)24-13-11-23(12-14-24)18-6-8-19(27-2)9-7-18/h4-10,15,20,22H,3,11-14,16H2,1-2H3/t20-/m1/s1. The Morgan fingerprint density at radius 2 is 1.86 bits per heavy atom. The molecule has 0 bridgehead atoms. The number of sulfonamides is 1. The molecule has 8 heteroatoms. The van der Waals surface area contributed by atoms with Gasteiger partial charge in [-0.3, -0.25) is 9.88 Å². The van der Waals surface area contributed by atoms with Crippen LogP contribution in [0.3, 0.4) is 0 Å². The topological polar surface area (TPSA) is 74.8 Å². The molecule has 7 nitrogen and oxygen atoms in total. The van der Waals surface area contributed by atoms with Gasteiger partial charge in [0.15, 0.2) is 0 Å². The third-order valence-corrected chi connectivity index (χ3v) is 6.51. The maximum atomic E-state index is 11.9. The molecular formula is C20H28N4O3S. The van der Waals surface area contributed by atoms with Crippen LogP contribution < -0.4 is 14.4 Å². The molecule has 1 N–H and O–H groups in total. The summed E-state index contributed by atoms with van der Waals surface area (Å²) in [6, 6.07) is 12.0. The summed E-state index contributed by atoms with van der Waals surface area (Å²) in [6.07, 6.45) is 3.55. The second-order valence-corrected chi connectivity index (χ2v) is 8.87. The van der Waals surface area contributed by atoms with Gasteiger partial charge in [0, 0.05) is 56.8 Å². The lowest BCUT2D eigenvalue weighted by Crippen LogP contribution is -2.50. The van der Waals surface area contributed by atoms with Gasteiger partial charge >= 0.3 is 0 Å². The molecule has 152 valence electrons. The van der Waals surface area contributed by atoms with E-state index in [0.29, 0.717) is 6.54 Å². The molecule has 0 radical (unpaired) electrons. The number of nitrogens with zero attached hydrogens (tertiary/aromatic N) is 3. The molecule has 1 fully saturated rings. The molecule has 2 aromatic rings. The molecule has 1 saturated heterocycles. The number of benzene rings is 1. The van der Waals surface area contributed by atoms with Gasteiger partial charge in [-0.1, -0.05) is 6.07 Å². The SMILES string of the molecule is CCS(=O)(=O)NC[C@H](c1cccnc1)N1CCN(c2ccc(OC)cc2)CC1. The first-order valence-electron chi connectivity index (χ1n) is 9.52. The zero-order valence-electron chi connectivity index (χ0n) is 16.4. The van der Waals surface area contributed by atoms with Gasteiger partial charge in [0.05, 0.1) is 12.9 Å². The van der Waals surface area contributed by atoms with Gasteiger partial charge in [0.2, 0.25) is 10.0 Å². The van der Waals surface area contributed by atoms with Crippen LogP contribution in [0.15, 0.2) is 48.8 Å². The molecule has 3 rings (SSSR count). The van der Waals surface area contributed by atoms with Crippen LogP contribution in [-0.4, -0.2) is 63.9 Å². The predicted molar refractivity (Wildman–Crippen MR) is 111 cm³/mol. The summed E-state index contributed by atoms with van der Waals surface area (Å²) in [5, 5.41) is 0. The molecule has 0 amide bonds. The Balaban J connectivity index is 1.68. The van der Waals surface area contributed by atoms with Crippen molar-refractivity contribution in [2.75, 3.05) is 50.5 Å². The predicted octanol–water partition coefficient (Wildman–Crippen LogP) is 1.89. The molecule has 1 aliphatic rings. The van der Waals surface area contributed by atoms with Crippen molar-refractivity contribution in [3.05, 3.63) is 54.4 Å². The fourth-order valence-corrected chi connectivity index (χ4v) is 4.04. The van der Waals surface area contributed by atoms with Crippen molar-refractivity contribution in [2.24, 2.45) is 0 Å². The molecule has 1 aliphatic heterocycles. The lowest BCUT2D eigenvalue weighted by molar-refractivity contribution is 0.186. The van der Waals surface area contributed by atoms with Gasteiger partial charge in [-0.2, -0.15) is 0 Å². The minimum absolute atomic E-state index is 0.0342. The highest BCUT2D eigenvalue weighted by molar-refractivity contribution is 7.89. The summed E-state index contributed by atoms with van der Waals surface area (Å²) in [7, 11) is -1.58. The molecule has 1 aromatic heterocycles. The smallest absolute Gasteiger partial charge is 0.211 e. The number of hydrogen-bond donors (Lipinski definition) is 1. The highest BCUT2D eigenvalue weighted by atomic mass is 32.2. The zero-order valence-corrected chi connectivity index (χ0v) is 17.2. The van der Waals surface area contributed by atoms with Crippen molar-refractivity contribution in [1.82, 2.24) is 14.6 Å². The number of piperazine rings is 1. The summed E-state index contributed by atoms with van der Waals surface area (Å²) in [5.41, 5.74) is 2.20. The summed E-state index contributed by atoms with van der Waals surface area (Å²) in [6.45, 7) is 5.45. The normalized spacial score (nSPS) is 16.7. The quantitative estimate of drug-likeness (QED) is 0.724. The first-order chi connectivity index (χ1) is 13.5. The average Bonchev–Trinajstić information content (AvgIpc) is 2.75. The number of rotatable bonds is 8. The lowest BCUT2D eigenvalue weighted by atomic mass is 10.1. The summed E-state index contributed by atoms with van der Waals surface area (Å²) < 4.78 is 31.9. The molecule has 0 aliphatic carbocycles. The van der Waals surface area contributed by atoms with Crippen LogP contribution in [0, 0.1) is 0 Å². The van der Waals surface area contributed by atoms with Crippen LogP contribution in [-0.2, 0) is 10.0 Å². The van der Waals surface area contributed by atoms with Crippen LogP contribution in [0.4, 0.5) is 5.69 Å². The van der Waals surface area contributed by atoms with Crippen molar-refractivity contribution in [1.29, 1.82) is 0 Å². The van der Waals surface area contributed by atoms with Crippen LogP contribution in [0.1, 0.15) is 18.5 Å². The van der Waals surface area contributed by atoms with E-state index >= 15 is 0 Å². The van der Waals surface area contributed by atoms with E-state index in [-0.39, 0.29) is 11.8 Å². The van der Waals surface area contributed by atoms with E-state index in [2.05, 4.69) is 31.6 Å². The van der Waals surface area contributed by atoms with E-state index < -0.39 is 10.0 Å². The third kappa shape index (κ3) is 5.21. The monoisotopic (exact) mass is 404 g/mol. The largest absolute Gasteiger partial charge is 0.497 e. The van der Waals surface area contributed by atoms with E-state index in [9.17, 15) is 8.42 Å². The number of methoxy groups -OCH3 is 1. The highest BCUT2D eigenvalue weighted by Crippen LogP contribution is 2.25. The summed E-state index contributed by atoms with van der Waals surface area (Å²) in [4.78, 5) is 8.89. The Morgan fingerprint density at radius 3 is 2.43 bits per heavy atom. The Morgan fingerprint density at radius 1 is 1.14 bits per heavy atom. The van der Waals surface area contributed by atoms with Crippen molar-refractivity contribution in [3.8, 4) is 5.75 Å². The first kappa shape index (κ1) is 20.6. The third-order valence-electron chi connectivity index (χ3n) is 5.14. The Bertz CT molecular complexity index is 836. The molecule has 2 heterocycles. The lowest BCUT2D eigenvalue weighted by Gasteiger charge is -2.40. The second kappa shape index (κ2) is 9.36. The number of hydrogen-bond acceptors (Lipinski definition) is 6. The molecule has 28 heavy (non-hydrogen) atoms. The Labute approximate surface area is 167 Å². The number of anilines is 1. The van der Waals surface area contributed by atoms with Gasteiger partial charge < -0.3 is 9.64 Å². The van der Waals surface area contributed by atoms with Crippen LogP contribution in [0.5, 0.6) is 5.75 Å². The molecule has 0 saturated carbocycles. The Kier molecular flexibility index (Phi) is 6.88. The second-order valence-electron chi connectivity index (χ2n) is 6.78. The minimum Gasteiger partial charge on any atom is -0.497 e. The molecule has 1 aromatic carbocycles. The highest BCUT2D eigenvalue weighted by Gasteiger charge is 2.26. The van der Waals surface area contributed by atoms with E-state index in [0.717, 1.165) is 37.5 Å². The van der Waals surface area contributed by atoms with E-state index in [4.69, 9.17) is 4.74 Å². The van der Waals surface area contributed by atoms with E-state index in [1.165, 1.54) is 5.69 Å². The van der Waals surface area contributed by atoms with E-state index in [1.54, 1.807) is 20.2 Å². The fraction of sp³-hybridized carbons (Fsp3) is 0.450. The summed E-state index contributed by atoms with van der Waals surface area (Å²) in [5.74, 6) is 0.931. The van der Waals surface area contributed by atoms with Crippen molar-refractivity contribution in [3.63, 3.8) is 0 Å². The Hall–Kier alpha value is -2.16. The fourth-order valence-electron chi connectivity index (χ4n) is 3.42. The minimum atomic E-state index is -3.24. The van der Waals surface area contributed by atoms with Gasteiger partial charge in [-0.15, -0.1) is 0 Å². The maximum absolute atomic E-state index is 11.9. The van der Waals surface area contributed by atoms with Crippen LogP contribution >= 0.6 is 0 Å². The number of ether oxygens (including phenoxy) is 1. The van der Waals surface area contributed by atoms with E-state index in [1.807, 2.05) is 30.5 Å². The van der Waals surface area contributed by atoms with Gasteiger partial charge in [0.1, 0.15) is 5.75 Å². The van der Waals surface area contributed by atoms with Crippen LogP contribution in [0.25, 0.3) is 0 Å². The maximum Gasteiger partial charge on any atom is 0.211 e. The molecule has 0 spiro atoms. The van der Waals surface area contributed by atoms with Gasteiger partial charge in [-0.25, -0.2) is 13.1 Å². The van der Waals surface area contributed by atoms with Crippen molar-refractivity contribution < 1.29 is 13.2 Å². The molecule has 0 unspecified atom stereocenters. The zero-order chi connectivity index (χ0) is 20.0.